The summed E-state index contributed by atoms with van der Waals surface area (Å²) < 4.78 is 0. The van der Waals surface area contributed by atoms with Crippen LogP contribution in [0.25, 0.3) is 0 Å². The molecule has 0 unspecified atom stereocenters. The maximum Gasteiger partial charge on any atom is 0.238 e. The number of phenols is 1. The van der Waals surface area contributed by atoms with Gasteiger partial charge >= 0.3 is 0 Å². The van der Waals surface area contributed by atoms with Crippen molar-refractivity contribution in [2.24, 2.45) is 0 Å². The molecule has 5 heteroatoms. The third-order valence-corrected chi connectivity index (χ3v) is 1.71. The summed E-state index contributed by atoms with van der Waals surface area (Å²) in [6, 6.07) is 5.97. The molecule has 0 atom stereocenters. The normalized spacial score (nSPS) is 9.14. The van der Waals surface area contributed by atoms with E-state index in [4.69, 9.17) is 16.9 Å². The largest absolute Gasteiger partial charge is 0.506 e. The summed E-state index contributed by atoms with van der Waals surface area (Å²) in [4.78, 5) is 11.0. The van der Waals surface area contributed by atoms with Crippen molar-refractivity contribution in [1.29, 1.82) is 5.26 Å². The first kappa shape index (κ1) is 10.4. The lowest BCUT2D eigenvalue weighted by Gasteiger charge is -2.05. The molecule has 0 aromatic heterocycles. The highest BCUT2D eigenvalue weighted by Crippen LogP contribution is 2.26. The second-order valence-corrected chi connectivity index (χ2v) is 2.98. The highest BCUT2D eigenvalue weighted by Gasteiger charge is 2.05. The molecule has 1 rings (SSSR count). The smallest absolute Gasteiger partial charge is 0.238 e. The number of hydrogen-bond acceptors (Lipinski definition) is 3. The van der Waals surface area contributed by atoms with Gasteiger partial charge in [0.05, 0.1) is 11.8 Å². The molecule has 14 heavy (non-hydrogen) atoms. The minimum atomic E-state index is -0.481. The predicted molar refractivity (Wildman–Crippen MR) is 52.0 cm³/mol. The second kappa shape index (κ2) is 4.49. The van der Waals surface area contributed by atoms with Gasteiger partial charge in [-0.1, -0.05) is 11.6 Å². The van der Waals surface area contributed by atoms with E-state index in [1.54, 1.807) is 6.07 Å². The van der Waals surface area contributed by atoms with Crippen LogP contribution in [0, 0.1) is 11.3 Å². The van der Waals surface area contributed by atoms with Gasteiger partial charge in [0.25, 0.3) is 0 Å². The van der Waals surface area contributed by atoms with E-state index in [-0.39, 0.29) is 17.9 Å². The van der Waals surface area contributed by atoms with E-state index in [0.717, 1.165) is 0 Å². The number of hydrogen-bond donors (Lipinski definition) is 2. The molecule has 0 saturated heterocycles. The summed E-state index contributed by atoms with van der Waals surface area (Å²) in [5.41, 5.74) is 0.206. The van der Waals surface area contributed by atoms with Crippen LogP contribution in [-0.4, -0.2) is 11.0 Å². The van der Waals surface area contributed by atoms with E-state index in [2.05, 4.69) is 5.32 Å². The lowest BCUT2D eigenvalue weighted by Crippen LogP contribution is -2.10. The molecular formula is C9H7ClN2O2. The summed E-state index contributed by atoms with van der Waals surface area (Å²) in [6.07, 6.45) is -0.258. The Morgan fingerprint density at radius 1 is 1.64 bits per heavy atom. The van der Waals surface area contributed by atoms with Gasteiger partial charge < -0.3 is 10.4 Å². The Labute approximate surface area is 85.7 Å². The first-order chi connectivity index (χ1) is 6.63. The fraction of sp³-hybridized carbons (Fsp3) is 0.111. The molecule has 0 bridgehead atoms. The Hall–Kier alpha value is -1.73. The van der Waals surface area contributed by atoms with Gasteiger partial charge in [-0.05, 0) is 18.2 Å². The molecule has 72 valence electrons. The first-order valence-corrected chi connectivity index (χ1v) is 4.16. The van der Waals surface area contributed by atoms with Crippen molar-refractivity contribution in [2.45, 2.75) is 6.42 Å². The van der Waals surface area contributed by atoms with Crippen LogP contribution in [0.3, 0.4) is 0 Å². The van der Waals surface area contributed by atoms with Crippen LogP contribution in [0.1, 0.15) is 6.42 Å². The number of halogens is 1. The third kappa shape index (κ3) is 2.64. The van der Waals surface area contributed by atoms with Crippen LogP contribution in [-0.2, 0) is 4.79 Å². The Bertz CT molecular complexity index is 398. The van der Waals surface area contributed by atoms with E-state index in [9.17, 15) is 9.90 Å². The molecule has 0 saturated carbocycles. The maximum absolute atomic E-state index is 11.0. The summed E-state index contributed by atoms with van der Waals surface area (Å²) in [5.74, 6) is -0.564. The lowest BCUT2D eigenvalue weighted by atomic mass is 10.3. The highest BCUT2D eigenvalue weighted by atomic mass is 35.5. The Kier molecular flexibility index (Phi) is 3.32. The van der Waals surface area contributed by atoms with Crippen LogP contribution in [0.15, 0.2) is 18.2 Å². The van der Waals surface area contributed by atoms with Crippen molar-refractivity contribution in [3.63, 3.8) is 0 Å². The molecule has 0 spiro atoms. The van der Waals surface area contributed by atoms with Crippen LogP contribution in [0.2, 0.25) is 5.02 Å². The van der Waals surface area contributed by atoms with Crippen molar-refractivity contribution in [1.82, 2.24) is 0 Å². The second-order valence-electron chi connectivity index (χ2n) is 2.54. The van der Waals surface area contributed by atoms with Crippen molar-refractivity contribution in [3.05, 3.63) is 23.2 Å². The molecule has 0 heterocycles. The Morgan fingerprint density at radius 3 is 3.00 bits per heavy atom. The summed E-state index contributed by atoms with van der Waals surface area (Å²) in [5, 5.41) is 20.3. The number of nitrogens with one attached hydrogen (secondary N) is 1. The summed E-state index contributed by atoms with van der Waals surface area (Å²) in [7, 11) is 0. The predicted octanol–water partition coefficient (Wildman–Crippen LogP) is 1.90. The number of rotatable bonds is 2. The van der Waals surface area contributed by atoms with Gasteiger partial charge in [-0.3, -0.25) is 4.79 Å². The van der Waals surface area contributed by atoms with Crippen LogP contribution >= 0.6 is 11.6 Å². The molecule has 1 aromatic rings. The molecule has 0 aliphatic heterocycles. The summed E-state index contributed by atoms with van der Waals surface area (Å²) >= 11 is 5.65. The maximum atomic E-state index is 11.0. The van der Waals surface area contributed by atoms with Gasteiger partial charge in [0.2, 0.25) is 5.91 Å². The molecule has 1 aromatic carbocycles. The van der Waals surface area contributed by atoms with Crippen molar-refractivity contribution < 1.29 is 9.90 Å². The number of nitriles is 1. The van der Waals surface area contributed by atoms with Gasteiger partial charge in [0.15, 0.2) is 0 Å². The average molecular weight is 211 g/mol. The third-order valence-electron chi connectivity index (χ3n) is 1.47. The van der Waals surface area contributed by atoms with Crippen molar-refractivity contribution >= 4 is 23.2 Å². The SMILES string of the molecule is N#CCC(=O)Nc1cc(Cl)ccc1O. The molecule has 2 N–H and O–H groups in total. The zero-order valence-corrected chi connectivity index (χ0v) is 7.88. The molecule has 0 radical (unpaired) electrons. The minimum absolute atomic E-state index is 0.0827. The molecule has 0 aliphatic rings. The average Bonchev–Trinajstić information content (AvgIpc) is 2.12. The quantitative estimate of drug-likeness (QED) is 0.733. The lowest BCUT2D eigenvalue weighted by molar-refractivity contribution is -0.115. The zero-order chi connectivity index (χ0) is 10.6. The van der Waals surface area contributed by atoms with E-state index in [1.807, 2.05) is 0 Å². The molecule has 0 aliphatic carbocycles. The van der Waals surface area contributed by atoms with Crippen molar-refractivity contribution in [3.8, 4) is 11.8 Å². The van der Waals surface area contributed by atoms with Crippen LogP contribution in [0.4, 0.5) is 5.69 Å². The fourth-order valence-electron chi connectivity index (χ4n) is 0.875. The van der Waals surface area contributed by atoms with E-state index in [1.165, 1.54) is 18.2 Å². The van der Waals surface area contributed by atoms with Gasteiger partial charge in [0.1, 0.15) is 12.2 Å². The van der Waals surface area contributed by atoms with Gasteiger partial charge in [-0.2, -0.15) is 5.26 Å². The monoisotopic (exact) mass is 210 g/mol. The number of anilines is 1. The van der Waals surface area contributed by atoms with Crippen molar-refractivity contribution in [2.75, 3.05) is 5.32 Å². The molecular weight excluding hydrogens is 204 g/mol. The number of amides is 1. The van der Waals surface area contributed by atoms with Gasteiger partial charge in [0, 0.05) is 5.02 Å². The molecule has 0 fully saturated rings. The fourth-order valence-corrected chi connectivity index (χ4v) is 1.05. The number of nitrogens with zero attached hydrogens (tertiary/aromatic N) is 1. The standard InChI is InChI=1S/C9H7ClN2O2/c10-6-1-2-8(13)7(5-6)12-9(14)3-4-11/h1-2,5,13H,3H2,(H,12,14). The van der Waals surface area contributed by atoms with E-state index in [0.29, 0.717) is 5.02 Å². The molecule has 1 amide bonds. The number of aromatic hydroxyl groups is 1. The number of carbonyl (C=O) groups excluding carboxylic acids is 1. The Morgan fingerprint density at radius 2 is 2.36 bits per heavy atom. The first-order valence-electron chi connectivity index (χ1n) is 3.79. The van der Waals surface area contributed by atoms with Crippen LogP contribution in [0.5, 0.6) is 5.75 Å². The summed E-state index contributed by atoms with van der Waals surface area (Å²) in [6.45, 7) is 0. The van der Waals surface area contributed by atoms with Crippen LogP contribution < -0.4 is 5.32 Å². The minimum Gasteiger partial charge on any atom is -0.506 e. The topological polar surface area (TPSA) is 73.1 Å². The Balaban J connectivity index is 2.81. The number of carbonyl (C=O) groups is 1. The van der Waals surface area contributed by atoms with E-state index < -0.39 is 5.91 Å². The number of benzene rings is 1. The highest BCUT2D eigenvalue weighted by molar-refractivity contribution is 6.31. The zero-order valence-electron chi connectivity index (χ0n) is 7.12. The molecule has 4 nitrogen and oxygen atoms in total. The van der Waals surface area contributed by atoms with E-state index >= 15 is 0 Å². The number of phenolic OH excluding ortho intramolecular Hbond substituents is 1. The van der Waals surface area contributed by atoms with Gasteiger partial charge in [-0.15, -0.1) is 0 Å². The van der Waals surface area contributed by atoms with Gasteiger partial charge in [-0.25, -0.2) is 0 Å².